The van der Waals surface area contributed by atoms with E-state index in [9.17, 15) is 9.59 Å². The van der Waals surface area contributed by atoms with Crippen LogP contribution in [0, 0.1) is 6.92 Å². The summed E-state index contributed by atoms with van der Waals surface area (Å²) in [6.07, 6.45) is 0.767. The molecule has 0 fully saturated rings. The summed E-state index contributed by atoms with van der Waals surface area (Å²) in [4.78, 5) is 31.2. The molecular weight excluding hydrogens is 450 g/mol. The number of nitrogens with one attached hydrogen (secondary N) is 1. The maximum absolute atomic E-state index is 13.2. The molecule has 0 unspecified atom stereocenters. The molecule has 4 rings (SSSR count). The predicted molar refractivity (Wildman–Crippen MR) is 129 cm³/mol. The Bertz CT molecular complexity index is 1180. The van der Waals surface area contributed by atoms with Crippen LogP contribution < -0.4 is 10.9 Å². The zero-order valence-corrected chi connectivity index (χ0v) is 19.6. The number of carbonyl (C=O) groups excluding carboxylic acids is 1. The number of anilines is 1. The van der Waals surface area contributed by atoms with Gasteiger partial charge in [0.1, 0.15) is 0 Å². The minimum absolute atomic E-state index is 0.0311. The van der Waals surface area contributed by atoms with E-state index in [1.807, 2.05) is 49.4 Å². The molecule has 1 atom stereocenters. The van der Waals surface area contributed by atoms with Gasteiger partial charge in [0, 0.05) is 22.4 Å². The van der Waals surface area contributed by atoms with Gasteiger partial charge in [-0.25, -0.2) is 4.98 Å². The van der Waals surface area contributed by atoms with Gasteiger partial charge in [-0.1, -0.05) is 66.7 Å². The second-order valence-electron chi connectivity index (χ2n) is 7.48. The van der Waals surface area contributed by atoms with Crippen molar-refractivity contribution in [3.05, 3.63) is 80.7 Å². The number of halogens is 1. The van der Waals surface area contributed by atoms with Gasteiger partial charge in [0.05, 0.1) is 22.9 Å². The first-order valence-corrected chi connectivity index (χ1v) is 12.2. The van der Waals surface area contributed by atoms with Crippen LogP contribution in [0.2, 0.25) is 5.02 Å². The number of amides is 1. The largest absolute Gasteiger partial charge is 0.325 e. The lowest BCUT2D eigenvalue weighted by Crippen LogP contribution is -2.26. The number of benzene rings is 2. The van der Waals surface area contributed by atoms with E-state index in [0.29, 0.717) is 27.7 Å². The van der Waals surface area contributed by atoms with Gasteiger partial charge in [0.15, 0.2) is 5.16 Å². The first kappa shape index (κ1) is 22.0. The van der Waals surface area contributed by atoms with Crippen LogP contribution in [0.25, 0.3) is 0 Å². The van der Waals surface area contributed by atoms with E-state index in [-0.39, 0.29) is 17.2 Å². The number of carbonyl (C=O) groups is 1. The number of nitrogens with zero attached hydrogens (tertiary/aromatic N) is 2. The second kappa shape index (κ2) is 9.51. The Morgan fingerprint density at radius 2 is 2.06 bits per heavy atom. The minimum Gasteiger partial charge on any atom is -0.325 e. The Morgan fingerprint density at radius 3 is 2.81 bits per heavy atom. The number of hydrogen-bond acceptors (Lipinski definition) is 5. The number of rotatable bonds is 6. The van der Waals surface area contributed by atoms with Crippen molar-refractivity contribution in [2.24, 2.45) is 0 Å². The number of aryl methyl sites for hydroxylation is 1. The van der Waals surface area contributed by atoms with Crippen molar-refractivity contribution in [1.82, 2.24) is 9.55 Å². The van der Waals surface area contributed by atoms with E-state index in [1.165, 1.54) is 11.8 Å². The monoisotopic (exact) mass is 471 g/mol. The zero-order valence-electron chi connectivity index (χ0n) is 17.2. The highest BCUT2D eigenvalue weighted by molar-refractivity contribution is 8.00. The molecule has 1 N–H and O–H groups in total. The Labute approximate surface area is 194 Å². The van der Waals surface area contributed by atoms with Crippen molar-refractivity contribution in [2.45, 2.75) is 42.1 Å². The summed E-state index contributed by atoms with van der Waals surface area (Å²) in [5, 5.41) is 4.36. The summed E-state index contributed by atoms with van der Waals surface area (Å²) in [6, 6.07) is 15.2. The van der Waals surface area contributed by atoms with E-state index in [4.69, 9.17) is 16.6 Å². The molecule has 0 spiro atoms. The van der Waals surface area contributed by atoms with Crippen molar-refractivity contribution >= 4 is 46.7 Å². The van der Waals surface area contributed by atoms with Gasteiger partial charge in [0.25, 0.3) is 5.56 Å². The molecule has 8 heteroatoms. The van der Waals surface area contributed by atoms with E-state index < -0.39 is 0 Å². The summed E-state index contributed by atoms with van der Waals surface area (Å²) >= 11 is 9.01. The summed E-state index contributed by atoms with van der Waals surface area (Å²) in [5.74, 6) is -0.0255. The van der Waals surface area contributed by atoms with Crippen molar-refractivity contribution in [3.8, 4) is 0 Å². The molecule has 0 radical (unpaired) electrons. The van der Waals surface area contributed by atoms with Crippen LogP contribution in [0.5, 0.6) is 0 Å². The standard InChI is InChI=1S/C23H22ClN3O2S2/c1-14-8-9-17(11-18(14)24)25-20(28)13-30-23-26-19-10-15(2)31-21(19)22(29)27(23)12-16-6-4-3-5-7-16/h3-9,11,15H,10,12-13H2,1-2H3,(H,25,28)/t15-/m0/s1. The quantitative estimate of drug-likeness (QED) is 0.404. The Morgan fingerprint density at radius 1 is 1.29 bits per heavy atom. The predicted octanol–water partition coefficient (Wildman–Crippen LogP) is 5.02. The lowest BCUT2D eigenvalue weighted by molar-refractivity contribution is -0.113. The molecule has 31 heavy (non-hydrogen) atoms. The maximum atomic E-state index is 13.2. The van der Waals surface area contributed by atoms with Crippen LogP contribution in [0.1, 0.15) is 23.7 Å². The van der Waals surface area contributed by atoms with Crippen molar-refractivity contribution < 1.29 is 4.79 Å². The fraction of sp³-hybridized carbons (Fsp3) is 0.261. The Kier molecular flexibility index (Phi) is 6.74. The second-order valence-corrected chi connectivity index (χ2v) is 10.3. The van der Waals surface area contributed by atoms with Gasteiger partial charge in [-0.3, -0.25) is 14.2 Å². The number of aromatic nitrogens is 2. The van der Waals surface area contributed by atoms with E-state index in [2.05, 4.69) is 12.2 Å². The minimum atomic E-state index is -0.173. The number of thioether (sulfide) groups is 2. The van der Waals surface area contributed by atoms with Crippen LogP contribution in [-0.4, -0.2) is 26.5 Å². The van der Waals surface area contributed by atoms with Gasteiger partial charge in [-0.05, 0) is 30.2 Å². The molecule has 3 aromatic rings. The maximum Gasteiger partial charge on any atom is 0.268 e. The molecule has 160 valence electrons. The van der Waals surface area contributed by atoms with Crippen molar-refractivity contribution in [1.29, 1.82) is 0 Å². The Hall–Kier alpha value is -2.22. The molecule has 1 amide bonds. The van der Waals surface area contributed by atoms with Gasteiger partial charge >= 0.3 is 0 Å². The van der Waals surface area contributed by atoms with E-state index >= 15 is 0 Å². The highest BCUT2D eigenvalue weighted by Gasteiger charge is 2.26. The van der Waals surface area contributed by atoms with Crippen LogP contribution in [-0.2, 0) is 17.8 Å². The SMILES string of the molecule is Cc1ccc(NC(=O)CSc2nc3c(c(=O)n2Cc2ccccc2)S[C@@H](C)C3)cc1Cl. The summed E-state index contributed by atoms with van der Waals surface area (Å²) in [6.45, 7) is 4.43. The molecule has 1 aliphatic heterocycles. The molecule has 2 heterocycles. The first-order valence-electron chi connectivity index (χ1n) is 9.94. The summed E-state index contributed by atoms with van der Waals surface area (Å²) in [5.41, 5.74) is 3.42. The van der Waals surface area contributed by atoms with Crippen molar-refractivity contribution in [2.75, 3.05) is 11.1 Å². The van der Waals surface area contributed by atoms with Crippen LogP contribution in [0.4, 0.5) is 5.69 Å². The smallest absolute Gasteiger partial charge is 0.268 e. The fourth-order valence-corrected chi connectivity index (χ4v) is 5.46. The normalized spacial score (nSPS) is 15.0. The van der Waals surface area contributed by atoms with E-state index in [0.717, 1.165) is 28.1 Å². The molecular formula is C23H22ClN3O2S2. The molecule has 0 bridgehead atoms. The van der Waals surface area contributed by atoms with Gasteiger partial charge in [-0.2, -0.15) is 0 Å². The lowest BCUT2D eigenvalue weighted by atomic mass is 10.2. The third-order valence-corrected chi connectivity index (χ3v) is 7.53. The van der Waals surface area contributed by atoms with Gasteiger partial charge < -0.3 is 5.32 Å². The van der Waals surface area contributed by atoms with Crippen LogP contribution in [0.15, 0.2) is 63.4 Å². The topological polar surface area (TPSA) is 64.0 Å². The van der Waals surface area contributed by atoms with Gasteiger partial charge in [-0.15, -0.1) is 11.8 Å². The molecule has 1 aliphatic rings. The average molecular weight is 472 g/mol. The zero-order chi connectivity index (χ0) is 22.0. The van der Waals surface area contributed by atoms with E-state index in [1.54, 1.807) is 22.4 Å². The first-order chi connectivity index (χ1) is 14.9. The molecule has 0 saturated heterocycles. The highest BCUT2D eigenvalue weighted by atomic mass is 35.5. The molecule has 5 nitrogen and oxygen atoms in total. The van der Waals surface area contributed by atoms with Crippen LogP contribution >= 0.6 is 35.1 Å². The number of hydrogen-bond donors (Lipinski definition) is 1. The molecule has 1 aromatic heterocycles. The summed E-state index contributed by atoms with van der Waals surface area (Å²) in [7, 11) is 0. The van der Waals surface area contributed by atoms with Crippen LogP contribution in [0.3, 0.4) is 0 Å². The Balaban J connectivity index is 1.56. The average Bonchev–Trinajstić information content (AvgIpc) is 3.13. The fourth-order valence-electron chi connectivity index (χ4n) is 3.34. The van der Waals surface area contributed by atoms with Gasteiger partial charge in [0.2, 0.25) is 5.91 Å². The summed E-state index contributed by atoms with van der Waals surface area (Å²) < 4.78 is 1.68. The lowest BCUT2D eigenvalue weighted by Gasteiger charge is -2.14. The van der Waals surface area contributed by atoms with Crippen molar-refractivity contribution in [3.63, 3.8) is 0 Å². The third kappa shape index (κ3) is 5.17. The highest BCUT2D eigenvalue weighted by Crippen LogP contribution is 2.34. The number of fused-ring (bicyclic) bond motifs is 1. The molecule has 2 aromatic carbocycles. The molecule has 0 saturated carbocycles. The third-order valence-electron chi connectivity index (χ3n) is 4.93. The molecule has 0 aliphatic carbocycles.